The molecule has 2 aromatic rings. The SMILES string of the molecule is CC[C@H](CO)NCc1cnn(-c2ccccc2)c1. The fourth-order valence-electron chi connectivity index (χ4n) is 1.77. The Morgan fingerprint density at radius 2 is 2.11 bits per heavy atom. The molecule has 1 aromatic heterocycles. The molecular weight excluding hydrogens is 226 g/mol. The first-order chi connectivity index (χ1) is 8.83. The monoisotopic (exact) mass is 245 g/mol. The van der Waals surface area contributed by atoms with E-state index in [0.29, 0.717) is 0 Å². The smallest absolute Gasteiger partial charge is 0.0645 e. The minimum Gasteiger partial charge on any atom is -0.395 e. The van der Waals surface area contributed by atoms with Crippen LogP contribution < -0.4 is 5.32 Å². The molecule has 2 N–H and O–H groups in total. The highest BCUT2D eigenvalue weighted by Crippen LogP contribution is 2.07. The molecule has 0 bridgehead atoms. The lowest BCUT2D eigenvalue weighted by Crippen LogP contribution is -2.31. The van der Waals surface area contributed by atoms with Crippen LogP contribution in [0.4, 0.5) is 0 Å². The van der Waals surface area contributed by atoms with Crippen molar-refractivity contribution in [2.24, 2.45) is 0 Å². The van der Waals surface area contributed by atoms with Gasteiger partial charge in [-0.3, -0.25) is 0 Å². The Morgan fingerprint density at radius 1 is 1.33 bits per heavy atom. The highest BCUT2D eigenvalue weighted by Gasteiger charge is 2.05. The molecule has 1 heterocycles. The number of aliphatic hydroxyl groups excluding tert-OH is 1. The summed E-state index contributed by atoms with van der Waals surface area (Å²) in [7, 11) is 0. The molecule has 0 spiro atoms. The fourth-order valence-corrected chi connectivity index (χ4v) is 1.77. The normalized spacial score (nSPS) is 12.6. The molecule has 96 valence electrons. The zero-order chi connectivity index (χ0) is 12.8. The first-order valence-corrected chi connectivity index (χ1v) is 6.26. The third-order valence-corrected chi connectivity index (χ3v) is 2.96. The second-order valence-corrected chi connectivity index (χ2v) is 4.30. The summed E-state index contributed by atoms with van der Waals surface area (Å²) in [5, 5.41) is 16.7. The summed E-state index contributed by atoms with van der Waals surface area (Å²) in [6, 6.07) is 10.2. The van der Waals surface area contributed by atoms with Gasteiger partial charge in [-0.1, -0.05) is 25.1 Å². The van der Waals surface area contributed by atoms with Gasteiger partial charge in [-0.2, -0.15) is 5.10 Å². The van der Waals surface area contributed by atoms with Gasteiger partial charge in [0.2, 0.25) is 0 Å². The van der Waals surface area contributed by atoms with Gasteiger partial charge in [-0.25, -0.2) is 4.68 Å². The van der Waals surface area contributed by atoms with E-state index in [1.54, 1.807) is 0 Å². The van der Waals surface area contributed by atoms with Gasteiger partial charge in [0.1, 0.15) is 0 Å². The summed E-state index contributed by atoms with van der Waals surface area (Å²) in [5.41, 5.74) is 2.17. The zero-order valence-corrected chi connectivity index (χ0v) is 10.6. The van der Waals surface area contributed by atoms with Crippen LogP contribution in [0.5, 0.6) is 0 Å². The van der Waals surface area contributed by atoms with Crippen LogP contribution in [0.2, 0.25) is 0 Å². The van der Waals surface area contributed by atoms with Gasteiger partial charge >= 0.3 is 0 Å². The average molecular weight is 245 g/mol. The predicted molar refractivity (Wildman–Crippen MR) is 71.6 cm³/mol. The van der Waals surface area contributed by atoms with E-state index in [2.05, 4.69) is 17.3 Å². The lowest BCUT2D eigenvalue weighted by molar-refractivity contribution is 0.238. The fraction of sp³-hybridized carbons (Fsp3) is 0.357. The van der Waals surface area contributed by atoms with E-state index in [0.717, 1.165) is 24.2 Å². The lowest BCUT2D eigenvalue weighted by atomic mass is 10.2. The van der Waals surface area contributed by atoms with Crippen LogP contribution in [0, 0.1) is 0 Å². The Bertz CT molecular complexity index is 463. The Labute approximate surface area is 107 Å². The minimum atomic E-state index is 0.157. The maximum absolute atomic E-state index is 9.10. The van der Waals surface area contributed by atoms with Crippen LogP contribution in [-0.2, 0) is 6.54 Å². The molecular formula is C14H19N3O. The van der Waals surface area contributed by atoms with Crippen molar-refractivity contribution in [1.82, 2.24) is 15.1 Å². The number of hydrogen-bond donors (Lipinski definition) is 2. The van der Waals surface area contributed by atoms with Gasteiger partial charge in [-0.05, 0) is 18.6 Å². The number of benzene rings is 1. The third kappa shape index (κ3) is 3.18. The molecule has 0 amide bonds. The molecule has 1 atom stereocenters. The molecule has 4 nitrogen and oxygen atoms in total. The van der Waals surface area contributed by atoms with Crippen LogP contribution in [0.25, 0.3) is 5.69 Å². The quantitative estimate of drug-likeness (QED) is 0.815. The molecule has 0 unspecified atom stereocenters. The number of nitrogens with zero attached hydrogens (tertiary/aromatic N) is 2. The van der Waals surface area contributed by atoms with Gasteiger partial charge in [0, 0.05) is 24.3 Å². The molecule has 2 rings (SSSR count). The van der Waals surface area contributed by atoms with E-state index in [4.69, 9.17) is 5.11 Å². The topological polar surface area (TPSA) is 50.1 Å². The Hall–Kier alpha value is -1.65. The molecule has 1 aromatic carbocycles. The molecule has 0 aliphatic rings. The van der Waals surface area contributed by atoms with E-state index in [1.165, 1.54) is 0 Å². The Morgan fingerprint density at radius 3 is 2.78 bits per heavy atom. The number of nitrogens with one attached hydrogen (secondary N) is 1. The molecule has 0 aliphatic heterocycles. The number of rotatable bonds is 6. The van der Waals surface area contributed by atoms with Crippen molar-refractivity contribution in [3.8, 4) is 5.69 Å². The molecule has 0 saturated heterocycles. The summed E-state index contributed by atoms with van der Waals surface area (Å²) in [4.78, 5) is 0. The highest BCUT2D eigenvalue weighted by molar-refractivity contribution is 5.30. The summed E-state index contributed by atoms with van der Waals surface area (Å²) in [6.07, 6.45) is 4.78. The van der Waals surface area contributed by atoms with Crippen LogP contribution in [-0.4, -0.2) is 27.5 Å². The van der Waals surface area contributed by atoms with Crippen LogP contribution in [0.1, 0.15) is 18.9 Å². The van der Waals surface area contributed by atoms with E-state index in [9.17, 15) is 0 Å². The molecule has 0 radical (unpaired) electrons. The van der Waals surface area contributed by atoms with E-state index < -0.39 is 0 Å². The number of aromatic nitrogens is 2. The highest BCUT2D eigenvalue weighted by atomic mass is 16.3. The van der Waals surface area contributed by atoms with Crippen molar-refractivity contribution in [3.63, 3.8) is 0 Å². The first kappa shape index (κ1) is 12.8. The van der Waals surface area contributed by atoms with Crippen LogP contribution in [0.3, 0.4) is 0 Å². The van der Waals surface area contributed by atoms with Crippen molar-refractivity contribution >= 4 is 0 Å². The second-order valence-electron chi connectivity index (χ2n) is 4.30. The second kappa shape index (κ2) is 6.33. The third-order valence-electron chi connectivity index (χ3n) is 2.96. The standard InChI is InChI=1S/C14H19N3O/c1-2-13(11-18)15-8-12-9-16-17(10-12)14-6-4-3-5-7-14/h3-7,9-10,13,15,18H,2,8,11H2,1H3/t13-/m1/s1. The summed E-state index contributed by atoms with van der Waals surface area (Å²) >= 11 is 0. The molecule has 18 heavy (non-hydrogen) atoms. The number of aliphatic hydroxyl groups is 1. The lowest BCUT2D eigenvalue weighted by Gasteiger charge is -2.12. The average Bonchev–Trinajstić information content (AvgIpc) is 2.90. The van der Waals surface area contributed by atoms with Gasteiger partial charge < -0.3 is 10.4 Å². The molecule has 0 saturated carbocycles. The molecule has 4 heteroatoms. The molecule has 0 fully saturated rings. The van der Waals surface area contributed by atoms with Crippen molar-refractivity contribution < 1.29 is 5.11 Å². The number of hydrogen-bond acceptors (Lipinski definition) is 3. The van der Waals surface area contributed by atoms with Crippen molar-refractivity contribution in [2.75, 3.05) is 6.61 Å². The largest absolute Gasteiger partial charge is 0.395 e. The number of para-hydroxylation sites is 1. The van der Waals surface area contributed by atoms with Gasteiger partial charge in [0.25, 0.3) is 0 Å². The van der Waals surface area contributed by atoms with Crippen LogP contribution in [0.15, 0.2) is 42.7 Å². The van der Waals surface area contributed by atoms with Crippen molar-refractivity contribution in [1.29, 1.82) is 0 Å². The molecule has 0 aliphatic carbocycles. The Kier molecular flexibility index (Phi) is 4.50. The maximum atomic E-state index is 9.10. The summed E-state index contributed by atoms with van der Waals surface area (Å²) < 4.78 is 1.86. The van der Waals surface area contributed by atoms with Gasteiger partial charge in [0.05, 0.1) is 18.5 Å². The predicted octanol–water partition coefficient (Wildman–Crippen LogP) is 1.73. The Balaban J connectivity index is 1.98. The van der Waals surface area contributed by atoms with Crippen molar-refractivity contribution in [2.45, 2.75) is 25.9 Å². The minimum absolute atomic E-state index is 0.157. The van der Waals surface area contributed by atoms with E-state index >= 15 is 0 Å². The first-order valence-electron chi connectivity index (χ1n) is 6.26. The van der Waals surface area contributed by atoms with E-state index in [-0.39, 0.29) is 12.6 Å². The zero-order valence-electron chi connectivity index (χ0n) is 10.6. The summed E-state index contributed by atoms with van der Waals surface area (Å²) in [5.74, 6) is 0. The van der Waals surface area contributed by atoms with Crippen molar-refractivity contribution in [3.05, 3.63) is 48.3 Å². The van der Waals surface area contributed by atoms with Gasteiger partial charge in [-0.15, -0.1) is 0 Å². The van der Waals surface area contributed by atoms with E-state index in [1.807, 2.05) is 47.4 Å². The summed E-state index contributed by atoms with van der Waals surface area (Å²) in [6.45, 7) is 2.95. The van der Waals surface area contributed by atoms with Gasteiger partial charge in [0.15, 0.2) is 0 Å². The maximum Gasteiger partial charge on any atom is 0.0645 e. The van der Waals surface area contributed by atoms with Crippen LogP contribution >= 0.6 is 0 Å².